The molecule has 1 amide bonds. The number of aromatic nitrogens is 3. The van der Waals surface area contributed by atoms with E-state index in [1.54, 1.807) is 16.8 Å². The number of fused-ring (bicyclic) bond motifs is 3. The molecule has 3 aromatic rings. The van der Waals surface area contributed by atoms with Crippen molar-refractivity contribution in [3.05, 3.63) is 58.3 Å². The third kappa shape index (κ3) is 3.48. The molecule has 1 aliphatic heterocycles. The Morgan fingerprint density at radius 1 is 1.19 bits per heavy atom. The van der Waals surface area contributed by atoms with Crippen molar-refractivity contribution in [2.45, 2.75) is 70.2 Å². The summed E-state index contributed by atoms with van der Waals surface area (Å²) in [5.74, 6) is 0.765. The Balaban J connectivity index is 1.69. The van der Waals surface area contributed by atoms with E-state index >= 15 is 0 Å². The molecule has 1 fully saturated rings. The van der Waals surface area contributed by atoms with E-state index in [4.69, 9.17) is 4.98 Å². The molecular formula is C24H28N4O4. The van der Waals surface area contributed by atoms with Gasteiger partial charge >= 0.3 is 6.09 Å². The van der Waals surface area contributed by atoms with Crippen LogP contribution in [0.15, 0.2) is 41.3 Å². The average Bonchev–Trinajstić information content (AvgIpc) is 3.13. The highest BCUT2D eigenvalue weighted by atomic mass is 16.4. The van der Waals surface area contributed by atoms with Gasteiger partial charge < -0.3 is 19.3 Å². The fraction of sp³-hybridized carbons (Fsp3) is 0.458. The summed E-state index contributed by atoms with van der Waals surface area (Å²) in [6.45, 7) is 2.26. The van der Waals surface area contributed by atoms with Gasteiger partial charge in [-0.3, -0.25) is 9.69 Å². The molecule has 3 atom stereocenters. The number of anilines is 1. The predicted molar refractivity (Wildman–Crippen MR) is 121 cm³/mol. The fourth-order valence-electron chi connectivity index (χ4n) is 5.37. The maximum atomic E-state index is 12.4. The van der Waals surface area contributed by atoms with Gasteiger partial charge in [0, 0.05) is 29.9 Å². The van der Waals surface area contributed by atoms with Crippen LogP contribution >= 0.6 is 0 Å². The minimum atomic E-state index is -0.955. The molecule has 2 aromatic heterocycles. The SMILES string of the molecule is CC1CCc2c(ccc3c2nc(Cn2ccccc2=O)n3[C@@H]2CCC[C@@H](O)C2)N1C(=O)O. The lowest BCUT2D eigenvalue weighted by molar-refractivity contribution is 0.104. The topological polar surface area (TPSA) is 101 Å². The van der Waals surface area contributed by atoms with Gasteiger partial charge in [0.25, 0.3) is 5.56 Å². The number of carboxylic acid groups (broad SMARTS) is 1. The lowest BCUT2D eigenvalue weighted by Crippen LogP contribution is -2.41. The van der Waals surface area contributed by atoms with Gasteiger partial charge in [0.05, 0.1) is 29.4 Å². The molecule has 2 aliphatic rings. The summed E-state index contributed by atoms with van der Waals surface area (Å²) in [6.07, 6.45) is 5.27. The zero-order valence-electron chi connectivity index (χ0n) is 18.1. The number of imidazole rings is 1. The van der Waals surface area contributed by atoms with Crippen molar-refractivity contribution >= 4 is 22.8 Å². The maximum absolute atomic E-state index is 12.4. The number of rotatable bonds is 3. The predicted octanol–water partition coefficient (Wildman–Crippen LogP) is 3.54. The second kappa shape index (κ2) is 8.09. The number of nitrogens with zero attached hydrogens (tertiary/aromatic N) is 4. The van der Waals surface area contributed by atoms with Crippen molar-refractivity contribution < 1.29 is 15.0 Å². The second-order valence-electron chi connectivity index (χ2n) is 9.01. The van der Waals surface area contributed by atoms with Crippen molar-refractivity contribution in [2.75, 3.05) is 4.90 Å². The smallest absolute Gasteiger partial charge is 0.412 e. The molecule has 2 N–H and O–H groups in total. The normalized spacial score (nSPS) is 23.3. The Labute approximate surface area is 185 Å². The third-order valence-electron chi connectivity index (χ3n) is 6.93. The number of amides is 1. The monoisotopic (exact) mass is 436 g/mol. The second-order valence-corrected chi connectivity index (χ2v) is 9.01. The first kappa shape index (κ1) is 20.8. The molecule has 1 aliphatic carbocycles. The Hall–Kier alpha value is -3.13. The first-order valence-corrected chi connectivity index (χ1v) is 11.3. The summed E-state index contributed by atoms with van der Waals surface area (Å²) in [5, 5.41) is 20.1. The number of aliphatic hydroxyl groups excluding tert-OH is 1. The number of aryl methyl sites for hydroxylation is 1. The van der Waals surface area contributed by atoms with Gasteiger partial charge in [0.1, 0.15) is 5.82 Å². The number of carbonyl (C=O) groups is 1. The summed E-state index contributed by atoms with van der Waals surface area (Å²) < 4.78 is 3.82. The van der Waals surface area contributed by atoms with E-state index in [0.717, 1.165) is 54.5 Å². The van der Waals surface area contributed by atoms with Crippen LogP contribution < -0.4 is 10.5 Å². The molecule has 5 rings (SSSR count). The first-order valence-electron chi connectivity index (χ1n) is 11.3. The minimum Gasteiger partial charge on any atom is -0.465 e. The van der Waals surface area contributed by atoms with Gasteiger partial charge in [-0.2, -0.15) is 0 Å². The molecule has 1 unspecified atom stereocenters. The Morgan fingerprint density at radius 2 is 2.03 bits per heavy atom. The molecule has 0 spiro atoms. The molecule has 8 heteroatoms. The van der Waals surface area contributed by atoms with Gasteiger partial charge in [-0.15, -0.1) is 0 Å². The van der Waals surface area contributed by atoms with E-state index in [1.165, 1.54) is 11.0 Å². The first-order chi connectivity index (χ1) is 15.4. The summed E-state index contributed by atoms with van der Waals surface area (Å²) in [7, 11) is 0. The minimum absolute atomic E-state index is 0.0876. The largest absolute Gasteiger partial charge is 0.465 e. The zero-order valence-corrected chi connectivity index (χ0v) is 18.1. The van der Waals surface area contributed by atoms with Crippen molar-refractivity contribution in [1.82, 2.24) is 14.1 Å². The molecule has 168 valence electrons. The van der Waals surface area contributed by atoms with Crippen LogP contribution in [0.2, 0.25) is 0 Å². The number of aliphatic hydroxyl groups is 1. The molecule has 32 heavy (non-hydrogen) atoms. The van der Waals surface area contributed by atoms with Crippen LogP contribution in [0.1, 0.15) is 56.5 Å². The maximum Gasteiger partial charge on any atom is 0.412 e. The van der Waals surface area contributed by atoms with Crippen LogP contribution in [0.4, 0.5) is 10.5 Å². The quantitative estimate of drug-likeness (QED) is 0.654. The van der Waals surface area contributed by atoms with Crippen molar-refractivity contribution in [3.63, 3.8) is 0 Å². The van der Waals surface area contributed by atoms with Crippen LogP contribution in [0.5, 0.6) is 0 Å². The molecule has 1 aromatic carbocycles. The lowest BCUT2D eigenvalue weighted by Gasteiger charge is -2.33. The van der Waals surface area contributed by atoms with E-state index in [9.17, 15) is 19.8 Å². The molecule has 0 bridgehead atoms. The zero-order chi connectivity index (χ0) is 22.4. The van der Waals surface area contributed by atoms with E-state index < -0.39 is 6.09 Å². The molecular weight excluding hydrogens is 408 g/mol. The molecule has 0 radical (unpaired) electrons. The molecule has 3 heterocycles. The van der Waals surface area contributed by atoms with Crippen molar-refractivity contribution in [3.8, 4) is 0 Å². The van der Waals surface area contributed by atoms with Crippen LogP contribution in [-0.2, 0) is 13.0 Å². The Morgan fingerprint density at radius 3 is 2.78 bits per heavy atom. The number of benzene rings is 1. The van der Waals surface area contributed by atoms with E-state index in [2.05, 4.69) is 4.57 Å². The van der Waals surface area contributed by atoms with E-state index in [1.807, 2.05) is 25.1 Å². The number of pyridine rings is 1. The molecule has 8 nitrogen and oxygen atoms in total. The van der Waals surface area contributed by atoms with Gasteiger partial charge in [-0.1, -0.05) is 6.07 Å². The average molecular weight is 437 g/mol. The van der Waals surface area contributed by atoms with Crippen LogP contribution in [0.3, 0.4) is 0 Å². The highest BCUT2D eigenvalue weighted by molar-refractivity contribution is 5.94. The lowest BCUT2D eigenvalue weighted by atomic mass is 9.92. The van der Waals surface area contributed by atoms with E-state index in [-0.39, 0.29) is 23.7 Å². The summed E-state index contributed by atoms with van der Waals surface area (Å²) in [6, 6.07) is 8.92. The van der Waals surface area contributed by atoms with Gasteiger partial charge in [0.2, 0.25) is 0 Å². The van der Waals surface area contributed by atoms with E-state index in [0.29, 0.717) is 18.7 Å². The van der Waals surface area contributed by atoms with Crippen LogP contribution in [0.25, 0.3) is 11.0 Å². The summed E-state index contributed by atoms with van der Waals surface area (Å²) in [5.41, 5.74) is 3.30. The number of hydrogen-bond acceptors (Lipinski definition) is 4. The van der Waals surface area contributed by atoms with Gasteiger partial charge in [-0.05, 0) is 63.6 Å². The standard InChI is InChI=1S/C24H28N4O4/c1-15-8-9-18-19(27(15)24(31)32)10-11-20-23(18)25-21(14-26-12-3-2-7-22(26)30)28(20)16-5-4-6-17(29)13-16/h2-3,7,10-12,15-17,29H,4-6,8-9,13-14H2,1H3,(H,31,32)/t15?,16-,17-/m1/s1. The van der Waals surface area contributed by atoms with Crippen molar-refractivity contribution in [1.29, 1.82) is 0 Å². The fourth-order valence-corrected chi connectivity index (χ4v) is 5.37. The highest BCUT2D eigenvalue weighted by Crippen LogP contribution is 2.39. The summed E-state index contributed by atoms with van der Waals surface area (Å²) in [4.78, 5) is 30.7. The third-order valence-corrected chi connectivity index (χ3v) is 6.93. The highest BCUT2D eigenvalue weighted by Gasteiger charge is 2.32. The molecule has 1 saturated carbocycles. The van der Waals surface area contributed by atoms with Crippen molar-refractivity contribution in [2.24, 2.45) is 0 Å². The Bertz CT molecular complexity index is 1230. The Kier molecular flexibility index (Phi) is 5.25. The van der Waals surface area contributed by atoms with Gasteiger partial charge in [-0.25, -0.2) is 9.78 Å². The molecule has 0 saturated heterocycles. The van der Waals surface area contributed by atoms with Crippen LogP contribution in [0, 0.1) is 0 Å². The number of hydrogen-bond donors (Lipinski definition) is 2. The van der Waals surface area contributed by atoms with Crippen LogP contribution in [-0.4, -0.2) is 42.6 Å². The summed E-state index contributed by atoms with van der Waals surface area (Å²) >= 11 is 0. The van der Waals surface area contributed by atoms with Gasteiger partial charge in [0.15, 0.2) is 0 Å².